The summed E-state index contributed by atoms with van der Waals surface area (Å²) < 4.78 is 0. The number of anilines is 1. The Morgan fingerprint density at radius 3 is 2.32 bits per heavy atom. The molecule has 1 atom stereocenters. The lowest BCUT2D eigenvalue weighted by Crippen LogP contribution is -2.32. The second kappa shape index (κ2) is 6.85. The van der Waals surface area contributed by atoms with Gasteiger partial charge in [0.05, 0.1) is 0 Å². The van der Waals surface area contributed by atoms with E-state index < -0.39 is 0 Å². The summed E-state index contributed by atoms with van der Waals surface area (Å²) in [7, 11) is 2.12. The molecule has 0 aliphatic heterocycles. The molecule has 0 radical (unpaired) electrons. The van der Waals surface area contributed by atoms with E-state index in [1.54, 1.807) is 0 Å². The summed E-state index contributed by atoms with van der Waals surface area (Å²) in [5.41, 5.74) is 6.91. The van der Waals surface area contributed by atoms with Crippen molar-refractivity contribution in [3.05, 3.63) is 18.0 Å². The molecule has 0 aromatic carbocycles. The van der Waals surface area contributed by atoms with Crippen molar-refractivity contribution >= 4 is 5.95 Å². The van der Waals surface area contributed by atoms with E-state index >= 15 is 0 Å². The first-order valence-electron chi connectivity index (χ1n) is 7.46. The van der Waals surface area contributed by atoms with Crippen LogP contribution in [0.4, 0.5) is 5.95 Å². The number of aromatic nitrogens is 2. The molecule has 0 bridgehead atoms. The van der Waals surface area contributed by atoms with Gasteiger partial charge in [-0.05, 0) is 31.7 Å². The second-order valence-corrected chi connectivity index (χ2v) is 5.83. The Morgan fingerprint density at radius 1 is 1.21 bits per heavy atom. The summed E-state index contributed by atoms with van der Waals surface area (Å²) in [6.07, 6.45) is 12.6. The van der Waals surface area contributed by atoms with Crippen molar-refractivity contribution in [1.29, 1.82) is 0 Å². The Bertz CT molecular complexity index is 366. The fourth-order valence-corrected chi connectivity index (χ4v) is 2.82. The van der Waals surface area contributed by atoms with Crippen LogP contribution in [-0.4, -0.2) is 29.1 Å². The fraction of sp³-hybridized carbons (Fsp3) is 0.733. The molecule has 1 aromatic heterocycles. The van der Waals surface area contributed by atoms with Crippen molar-refractivity contribution in [3.63, 3.8) is 0 Å². The summed E-state index contributed by atoms with van der Waals surface area (Å²) >= 11 is 0. The summed E-state index contributed by atoms with van der Waals surface area (Å²) in [4.78, 5) is 11.2. The van der Waals surface area contributed by atoms with E-state index in [9.17, 15) is 0 Å². The van der Waals surface area contributed by atoms with Crippen LogP contribution >= 0.6 is 0 Å². The molecule has 4 nitrogen and oxygen atoms in total. The maximum absolute atomic E-state index is 5.79. The van der Waals surface area contributed by atoms with Gasteiger partial charge in [-0.2, -0.15) is 0 Å². The van der Waals surface area contributed by atoms with Gasteiger partial charge in [0.25, 0.3) is 0 Å². The Labute approximate surface area is 116 Å². The summed E-state index contributed by atoms with van der Waals surface area (Å²) in [6, 6.07) is 0.760. The minimum absolute atomic E-state index is 0.161. The van der Waals surface area contributed by atoms with Crippen molar-refractivity contribution in [3.8, 4) is 0 Å². The SMILES string of the molecule is CC(N)Cc1cnc(N(C)C2CCCCCC2)nc1. The molecule has 1 aliphatic carbocycles. The smallest absolute Gasteiger partial charge is 0.225 e. The van der Waals surface area contributed by atoms with E-state index in [1.807, 2.05) is 19.3 Å². The van der Waals surface area contributed by atoms with E-state index in [2.05, 4.69) is 21.9 Å². The second-order valence-electron chi connectivity index (χ2n) is 5.83. The zero-order valence-electron chi connectivity index (χ0n) is 12.2. The molecule has 1 unspecified atom stereocenters. The first-order chi connectivity index (χ1) is 9.16. The number of rotatable bonds is 4. The van der Waals surface area contributed by atoms with Crippen LogP contribution in [0.5, 0.6) is 0 Å². The van der Waals surface area contributed by atoms with E-state index in [1.165, 1.54) is 38.5 Å². The quantitative estimate of drug-likeness (QED) is 0.847. The van der Waals surface area contributed by atoms with Gasteiger partial charge in [0, 0.05) is 31.5 Å². The lowest BCUT2D eigenvalue weighted by atomic mass is 10.1. The van der Waals surface area contributed by atoms with Crippen LogP contribution in [-0.2, 0) is 6.42 Å². The summed E-state index contributed by atoms with van der Waals surface area (Å²) in [6.45, 7) is 2.01. The number of hydrogen-bond acceptors (Lipinski definition) is 4. The van der Waals surface area contributed by atoms with Crippen LogP contribution in [0.15, 0.2) is 12.4 Å². The molecule has 4 heteroatoms. The molecule has 0 amide bonds. The predicted molar refractivity (Wildman–Crippen MR) is 79.3 cm³/mol. The molecule has 2 N–H and O–H groups in total. The molecular formula is C15H26N4. The Balaban J connectivity index is 1.99. The molecular weight excluding hydrogens is 236 g/mol. The van der Waals surface area contributed by atoms with Gasteiger partial charge >= 0.3 is 0 Å². The minimum atomic E-state index is 0.161. The van der Waals surface area contributed by atoms with Crippen LogP contribution in [0.1, 0.15) is 51.0 Å². The topological polar surface area (TPSA) is 55.0 Å². The highest BCUT2D eigenvalue weighted by Gasteiger charge is 2.18. The van der Waals surface area contributed by atoms with Crippen molar-refractivity contribution in [2.75, 3.05) is 11.9 Å². The van der Waals surface area contributed by atoms with Crippen molar-refractivity contribution in [1.82, 2.24) is 9.97 Å². The van der Waals surface area contributed by atoms with E-state index in [0.717, 1.165) is 17.9 Å². The highest BCUT2D eigenvalue weighted by Crippen LogP contribution is 2.23. The lowest BCUT2D eigenvalue weighted by molar-refractivity contribution is 0.544. The molecule has 1 aromatic rings. The molecule has 19 heavy (non-hydrogen) atoms. The van der Waals surface area contributed by atoms with Gasteiger partial charge in [-0.1, -0.05) is 25.7 Å². The summed E-state index contributed by atoms with van der Waals surface area (Å²) in [5.74, 6) is 0.848. The number of nitrogens with two attached hydrogens (primary N) is 1. The number of hydrogen-bond donors (Lipinski definition) is 1. The zero-order chi connectivity index (χ0) is 13.7. The fourth-order valence-electron chi connectivity index (χ4n) is 2.82. The van der Waals surface area contributed by atoms with E-state index in [0.29, 0.717) is 6.04 Å². The molecule has 1 fully saturated rings. The van der Waals surface area contributed by atoms with Gasteiger partial charge < -0.3 is 10.6 Å². The van der Waals surface area contributed by atoms with Crippen LogP contribution in [0.25, 0.3) is 0 Å². The van der Waals surface area contributed by atoms with Crippen molar-refractivity contribution in [2.24, 2.45) is 5.73 Å². The molecule has 0 spiro atoms. The predicted octanol–water partition coefficient (Wildman–Crippen LogP) is 2.53. The van der Waals surface area contributed by atoms with Gasteiger partial charge in [0.2, 0.25) is 5.95 Å². The monoisotopic (exact) mass is 262 g/mol. The molecule has 1 aliphatic rings. The van der Waals surface area contributed by atoms with Crippen molar-refractivity contribution < 1.29 is 0 Å². The van der Waals surface area contributed by atoms with Crippen LogP contribution < -0.4 is 10.6 Å². The minimum Gasteiger partial charge on any atom is -0.341 e. The first-order valence-corrected chi connectivity index (χ1v) is 7.46. The van der Waals surface area contributed by atoms with Gasteiger partial charge in [-0.25, -0.2) is 9.97 Å². The average Bonchev–Trinajstić information content (AvgIpc) is 2.67. The van der Waals surface area contributed by atoms with E-state index in [-0.39, 0.29) is 6.04 Å². The van der Waals surface area contributed by atoms with Gasteiger partial charge in [0.1, 0.15) is 0 Å². The third kappa shape index (κ3) is 4.16. The maximum atomic E-state index is 5.79. The van der Waals surface area contributed by atoms with Crippen LogP contribution in [0, 0.1) is 0 Å². The molecule has 106 valence electrons. The normalized spacial score (nSPS) is 18.9. The maximum Gasteiger partial charge on any atom is 0.225 e. The van der Waals surface area contributed by atoms with Crippen LogP contribution in [0.2, 0.25) is 0 Å². The lowest BCUT2D eigenvalue weighted by Gasteiger charge is -2.27. The largest absolute Gasteiger partial charge is 0.341 e. The van der Waals surface area contributed by atoms with Gasteiger partial charge in [-0.3, -0.25) is 0 Å². The van der Waals surface area contributed by atoms with Gasteiger partial charge in [-0.15, -0.1) is 0 Å². The highest BCUT2D eigenvalue weighted by atomic mass is 15.2. The molecule has 1 saturated carbocycles. The third-order valence-corrected chi connectivity index (χ3v) is 3.94. The van der Waals surface area contributed by atoms with Crippen LogP contribution in [0.3, 0.4) is 0 Å². The van der Waals surface area contributed by atoms with Gasteiger partial charge in [0.15, 0.2) is 0 Å². The Morgan fingerprint density at radius 2 is 1.79 bits per heavy atom. The highest BCUT2D eigenvalue weighted by molar-refractivity contribution is 5.30. The average molecular weight is 262 g/mol. The zero-order valence-corrected chi connectivity index (χ0v) is 12.2. The van der Waals surface area contributed by atoms with Crippen molar-refractivity contribution in [2.45, 2.75) is 64.0 Å². The third-order valence-electron chi connectivity index (χ3n) is 3.94. The Hall–Kier alpha value is -1.16. The number of nitrogens with zero attached hydrogens (tertiary/aromatic N) is 3. The standard InChI is InChI=1S/C15H26N4/c1-12(16)9-13-10-17-15(18-11-13)19(2)14-7-5-3-4-6-8-14/h10-12,14H,3-9,16H2,1-2H3. The Kier molecular flexibility index (Phi) is 5.14. The molecule has 0 saturated heterocycles. The molecule has 1 heterocycles. The first kappa shape index (κ1) is 14.3. The van der Waals surface area contributed by atoms with E-state index in [4.69, 9.17) is 5.73 Å². The summed E-state index contributed by atoms with van der Waals surface area (Å²) in [5, 5.41) is 0. The molecule has 2 rings (SSSR count).